The molecule has 0 aliphatic rings. The zero-order chi connectivity index (χ0) is 8.93. The molecule has 0 fully saturated rings. The molecule has 13 heavy (non-hydrogen) atoms. The van der Waals surface area contributed by atoms with Crippen LogP contribution in [-0.4, -0.2) is 6.21 Å². The van der Waals surface area contributed by atoms with Crippen molar-refractivity contribution in [3.8, 4) is 0 Å². The van der Waals surface area contributed by atoms with E-state index in [1.54, 1.807) is 12.5 Å². The van der Waals surface area contributed by atoms with E-state index in [1.807, 2.05) is 42.5 Å². The Kier molecular flexibility index (Phi) is 2.23. The monoisotopic (exact) mass is 171 g/mol. The number of hydrogen-bond donors (Lipinski definition) is 0. The van der Waals surface area contributed by atoms with Gasteiger partial charge in [-0.2, -0.15) is 0 Å². The van der Waals surface area contributed by atoms with Gasteiger partial charge in [-0.1, -0.05) is 18.2 Å². The van der Waals surface area contributed by atoms with Crippen molar-refractivity contribution in [2.75, 3.05) is 0 Å². The van der Waals surface area contributed by atoms with Crippen molar-refractivity contribution in [1.29, 1.82) is 0 Å². The highest BCUT2D eigenvalue weighted by Gasteiger charge is 1.88. The Morgan fingerprint density at radius 1 is 1.00 bits per heavy atom. The Bertz CT molecular complexity index is 376. The lowest BCUT2D eigenvalue weighted by Gasteiger charge is -1.89. The summed E-state index contributed by atoms with van der Waals surface area (Å²) in [5.74, 6) is 0.767. The predicted octanol–water partition coefficient (Wildman–Crippen LogP) is 3.03. The van der Waals surface area contributed by atoms with Crippen molar-refractivity contribution < 1.29 is 4.42 Å². The average Bonchev–Trinajstić information content (AvgIpc) is 2.69. The molecule has 0 atom stereocenters. The fourth-order valence-electron chi connectivity index (χ4n) is 1.02. The maximum absolute atomic E-state index is 5.11. The summed E-state index contributed by atoms with van der Waals surface area (Å²) >= 11 is 0. The molecule has 1 heterocycles. The molecule has 0 saturated carbocycles. The number of aliphatic imine (C=N–C) groups is 1. The number of rotatable bonds is 2. The molecule has 2 nitrogen and oxygen atoms in total. The third kappa shape index (κ3) is 2.06. The van der Waals surface area contributed by atoms with Crippen molar-refractivity contribution in [2.24, 2.45) is 4.99 Å². The van der Waals surface area contributed by atoms with Gasteiger partial charge < -0.3 is 4.42 Å². The maximum Gasteiger partial charge on any atom is 0.144 e. The number of nitrogens with zero attached hydrogens (tertiary/aromatic N) is 1. The van der Waals surface area contributed by atoms with Crippen molar-refractivity contribution in [2.45, 2.75) is 0 Å². The Morgan fingerprint density at radius 3 is 2.54 bits per heavy atom. The van der Waals surface area contributed by atoms with Gasteiger partial charge in [0.05, 0.1) is 18.2 Å². The van der Waals surface area contributed by atoms with Gasteiger partial charge in [-0.05, 0) is 24.3 Å². The summed E-state index contributed by atoms with van der Waals surface area (Å²) in [6.07, 6.45) is 3.34. The normalized spacial score (nSPS) is 10.8. The number of para-hydroxylation sites is 1. The van der Waals surface area contributed by atoms with Crippen LogP contribution in [0.5, 0.6) is 0 Å². The first-order chi connectivity index (χ1) is 6.45. The molecule has 0 bridgehead atoms. The van der Waals surface area contributed by atoms with Gasteiger partial charge in [-0.25, -0.2) is 0 Å². The molecular formula is C11H9NO. The van der Waals surface area contributed by atoms with Crippen LogP contribution in [0.15, 0.2) is 58.1 Å². The van der Waals surface area contributed by atoms with Crippen LogP contribution >= 0.6 is 0 Å². The van der Waals surface area contributed by atoms with Crippen LogP contribution in [-0.2, 0) is 0 Å². The van der Waals surface area contributed by atoms with Crippen LogP contribution in [0, 0.1) is 0 Å². The lowest BCUT2D eigenvalue weighted by Crippen LogP contribution is -1.72. The molecule has 2 heteroatoms. The summed E-state index contributed by atoms with van der Waals surface area (Å²) in [6.45, 7) is 0. The van der Waals surface area contributed by atoms with Crippen LogP contribution in [0.25, 0.3) is 0 Å². The van der Waals surface area contributed by atoms with Crippen LogP contribution in [0.1, 0.15) is 5.76 Å². The van der Waals surface area contributed by atoms with E-state index in [0.29, 0.717) is 0 Å². The summed E-state index contributed by atoms with van der Waals surface area (Å²) in [5.41, 5.74) is 0.930. The molecule has 1 aromatic carbocycles. The van der Waals surface area contributed by atoms with E-state index < -0.39 is 0 Å². The highest BCUT2D eigenvalue weighted by molar-refractivity contribution is 5.78. The first-order valence-corrected chi connectivity index (χ1v) is 4.08. The molecule has 0 saturated heterocycles. The minimum atomic E-state index is 0.767. The Morgan fingerprint density at radius 2 is 1.85 bits per heavy atom. The minimum Gasteiger partial charge on any atom is -0.463 e. The minimum absolute atomic E-state index is 0.767. The lowest BCUT2D eigenvalue weighted by atomic mass is 10.3. The number of hydrogen-bond acceptors (Lipinski definition) is 2. The molecule has 0 unspecified atom stereocenters. The van der Waals surface area contributed by atoms with Gasteiger partial charge in [0.2, 0.25) is 0 Å². The molecular weight excluding hydrogens is 162 g/mol. The number of benzene rings is 1. The molecule has 2 aromatic rings. The SMILES string of the molecule is C(=N/c1ccccc1)/c1ccco1. The van der Waals surface area contributed by atoms with E-state index in [4.69, 9.17) is 4.42 Å². The van der Waals surface area contributed by atoms with Crippen LogP contribution < -0.4 is 0 Å². The van der Waals surface area contributed by atoms with Gasteiger partial charge in [-0.15, -0.1) is 0 Å². The van der Waals surface area contributed by atoms with E-state index in [2.05, 4.69) is 4.99 Å². The van der Waals surface area contributed by atoms with Crippen molar-refractivity contribution in [3.05, 3.63) is 54.5 Å². The zero-order valence-electron chi connectivity index (χ0n) is 7.05. The largest absolute Gasteiger partial charge is 0.463 e. The van der Waals surface area contributed by atoms with Crippen molar-refractivity contribution in [1.82, 2.24) is 0 Å². The van der Waals surface area contributed by atoms with Crippen molar-refractivity contribution in [3.63, 3.8) is 0 Å². The third-order valence-corrected chi connectivity index (χ3v) is 1.64. The quantitative estimate of drug-likeness (QED) is 0.637. The second-order valence-corrected chi connectivity index (χ2v) is 2.61. The fourth-order valence-corrected chi connectivity index (χ4v) is 1.02. The van der Waals surface area contributed by atoms with Gasteiger partial charge in [0.1, 0.15) is 5.76 Å². The molecule has 0 radical (unpaired) electrons. The molecule has 2 rings (SSSR count). The van der Waals surface area contributed by atoms with E-state index in [1.165, 1.54) is 0 Å². The lowest BCUT2D eigenvalue weighted by molar-refractivity contribution is 0.560. The first kappa shape index (κ1) is 7.80. The second kappa shape index (κ2) is 3.72. The number of furan rings is 1. The Hall–Kier alpha value is -1.83. The zero-order valence-corrected chi connectivity index (χ0v) is 7.05. The fraction of sp³-hybridized carbons (Fsp3) is 0. The summed E-state index contributed by atoms with van der Waals surface area (Å²) < 4.78 is 5.11. The van der Waals surface area contributed by atoms with E-state index in [0.717, 1.165) is 11.4 Å². The van der Waals surface area contributed by atoms with Gasteiger partial charge in [0, 0.05) is 0 Å². The smallest absolute Gasteiger partial charge is 0.144 e. The maximum atomic E-state index is 5.11. The summed E-state index contributed by atoms with van der Waals surface area (Å²) in [6, 6.07) is 13.5. The molecule has 64 valence electrons. The van der Waals surface area contributed by atoms with Crippen LogP contribution in [0.2, 0.25) is 0 Å². The standard InChI is InChI=1S/C11H9NO/c1-2-5-10(6-3-1)12-9-11-7-4-8-13-11/h1-9H/b12-9-. The first-order valence-electron chi connectivity index (χ1n) is 4.08. The highest BCUT2D eigenvalue weighted by atomic mass is 16.3. The van der Waals surface area contributed by atoms with E-state index in [9.17, 15) is 0 Å². The Labute approximate surface area is 76.5 Å². The van der Waals surface area contributed by atoms with Gasteiger partial charge in [-0.3, -0.25) is 4.99 Å². The molecule has 0 N–H and O–H groups in total. The van der Waals surface area contributed by atoms with Gasteiger partial charge >= 0.3 is 0 Å². The van der Waals surface area contributed by atoms with E-state index in [-0.39, 0.29) is 0 Å². The summed E-state index contributed by atoms with van der Waals surface area (Å²) in [7, 11) is 0. The highest BCUT2D eigenvalue weighted by Crippen LogP contribution is 2.09. The summed E-state index contributed by atoms with van der Waals surface area (Å²) in [5, 5.41) is 0. The van der Waals surface area contributed by atoms with Crippen LogP contribution in [0.4, 0.5) is 5.69 Å². The van der Waals surface area contributed by atoms with Gasteiger partial charge in [0.25, 0.3) is 0 Å². The molecule has 1 aromatic heterocycles. The van der Waals surface area contributed by atoms with Crippen molar-refractivity contribution >= 4 is 11.9 Å². The summed E-state index contributed by atoms with van der Waals surface area (Å²) in [4.78, 5) is 4.23. The van der Waals surface area contributed by atoms with E-state index >= 15 is 0 Å². The predicted molar refractivity (Wildman–Crippen MR) is 52.4 cm³/mol. The molecule has 0 amide bonds. The van der Waals surface area contributed by atoms with Gasteiger partial charge in [0.15, 0.2) is 0 Å². The second-order valence-electron chi connectivity index (χ2n) is 2.61. The molecule has 0 aliphatic carbocycles. The topological polar surface area (TPSA) is 25.5 Å². The molecule has 0 spiro atoms. The molecule has 0 aliphatic heterocycles. The third-order valence-electron chi connectivity index (χ3n) is 1.64. The average molecular weight is 171 g/mol. The Balaban J connectivity index is 2.15. The van der Waals surface area contributed by atoms with Crippen LogP contribution in [0.3, 0.4) is 0 Å².